The van der Waals surface area contributed by atoms with Crippen LogP contribution >= 0.6 is 0 Å². The molecule has 0 amide bonds. The quantitative estimate of drug-likeness (QED) is 0.541. The summed E-state index contributed by atoms with van der Waals surface area (Å²) < 4.78 is 31.0. The van der Waals surface area contributed by atoms with Crippen molar-refractivity contribution >= 4 is 10.0 Å². The molecule has 1 unspecified atom stereocenters. The van der Waals surface area contributed by atoms with Crippen LogP contribution in [0, 0.1) is 0 Å². The van der Waals surface area contributed by atoms with Crippen molar-refractivity contribution in [3.05, 3.63) is 0 Å². The fourth-order valence-corrected chi connectivity index (χ4v) is 2.82. The second kappa shape index (κ2) is 9.82. The largest absolute Gasteiger partial charge is 0.383 e. The first kappa shape index (κ1) is 16.8. The van der Waals surface area contributed by atoms with Crippen molar-refractivity contribution in [2.24, 2.45) is 0 Å². The first-order valence-electron chi connectivity index (χ1n) is 6.25. The molecule has 0 rings (SSSR count). The smallest absolute Gasteiger partial charge is 0.211 e. The van der Waals surface area contributed by atoms with Crippen LogP contribution in [0.3, 0.4) is 0 Å². The molecular weight excluding hydrogens is 240 g/mol. The lowest BCUT2D eigenvalue weighted by molar-refractivity contribution is 0.173. The van der Waals surface area contributed by atoms with Gasteiger partial charge in [-0.1, -0.05) is 13.8 Å². The van der Waals surface area contributed by atoms with Gasteiger partial charge in [-0.3, -0.25) is 0 Å². The average molecular weight is 266 g/mol. The number of methoxy groups -OCH3 is 1. The molecule has 0 aliphatic rings. The van der Waals surface area contributed by atoms with Crippen LogP contribution in [0.5, 0.6) is 0 Å². The Morgan fingerprint density at radius 2 is 1.94 bits per heavy atom. The molecule has 0 aliphatic carbocycles. The molecule has 1 atom stereocenters. The van der Waals surface area contributed by atoms with Gasteiger partial charge in [-0.05, 0) is 32.4 Å². The predicted molar refractivity (Wildman–Crippen MR) is 70.7 cm³/mol. The first-order chi connectivity index (χ1) is 8.05. The van der Waals surface area contributed by atoms with Gasteiger partial charge in [0.1, 0.15) is 0 Å². The molecule has 5 nitrogen and oxygen atoms in total. The van der Waals surface area contributed by atoms with Gasteiger partial charge in [0.25, 0.3) is 0 Å². The van der Waals surface area contributed by atoms with E-state index < -0.39 is 10.0 Å². The molecule has 2 N–H and O–H groups in total. The van der Waals surface area contributed by atoms with Gasteiger partial charge in [0.05, 0.1) is 12.4 Å². The molecular formula is C11H26N2O3S. The SMILES string of the molecule is CCCNCCCS(=O)(=O)NC(CC)COC. The van der Waals surface area contributed by atoms with Crippen molar-refractivity contribution in [3.8, 4) is 0 Å². The van der Waals surface area contributed by atoms with E-state index in [1.54, 1.807) is 7.11 Å². The molecule has 0 saturated heterocycles. The fraction of sp³-hybridized carbons (Fsp3) is 1.00. The van der Waals surface area contributed by atoms with Gasteiger partial charge < -0.3 is 10.1 Å². The van der Waals surface area contributed by atoms with Crippen LogP contribution in [0.2, 0.25) is 0 Å². The highest BCUT2D eigenvalue weighted by molar-refractivity contribution is 7.89. The summed E-state index contributed by atoms with van der Waals surface area (Å²) in [6.07, 6.45) is 2.44. The Labute approximate surface area is 105 Å². The number of sulfonamides is 1. The molecule has 104 valence electrons. The van der Waals surface area contributed by atoms with Crippen molar-refractivity contribution < 1.29 is 13.2 Å². The summed E-state index contributed by atoms with van der Waals surface area (Å²) in [5, 5.41) is 3.18. The van der Waals surface area contributed by atoms with Crippen LogP contribution in [0.25, 0.3) is 0 Å². The maximum atomic E-state index is 11.7. The molecule has 6 heteroatoms. The van der Waals surface area contributed by atoms with Gasteiger partial charge in [-0.15, -0.1) is 0 Å². The second-order valence-corrected chi connectivity index (χ2v) is 5.97. The highest BCUT2D eigenvalue weighted by Crippen LogP contribution is 1.97. The van der Waals surface area contributed by atoms with Crippen LogP contribution in [-0.2, 0) is 14.8 Å². The molecule has 0 aromatic rings. The Balaban J connectivity index is 3.85. The molecule has 0 heterocycles. The molecule has 0 aromatic heterocycles. The van der Waals surface area contributed by atoms with Crippen LogP contribution in [0.4, 0.5) is 0 Å². The van der Waals surface area contributed by atoms with E-state index in [2.05, 4.69) is 17.0 Å². The Kier molecular flexibility index (Phi) is 9.72. The summed E-state index contributed by atoms with van der Waals surface area (Å²) in [5.74, 6) is 0.171. The number of hydrogen-bond donors (Lipinski definition) is 2. The molecule has 0 saturated carbocycles. The van der Waals surface area contributed by atoms with E-state index in [4.69, 9.17) is 4.74 Å². The zero-order valence-electron chi connectivity index (χ0n) is 11.2. The van der Waals surface area contributed by atoms with Gasteiger partial charge in [-0.25, -0.2) is 13.1 Å². The van der Waals surface area contributed by atoms with Crippen molar-refractivity contribution in [3.63, 3.8) is 0 Å². The Morgan fingerprint density at radius 3 is 2.47 bits per heavy atom. The van der Waals surface area contributed by atoms with E-state index >= 15 is 0 Å². The van der Waals surface area contributed by atoms with E-state index in [0.29, 0.717) is 13.0 Å². The van der Waals surface area contributed by atoms with E-state index in [1.165, 1.54) is 0 Å². The van der Waals surface area contributed by atoms with E-state index in [-0.39, 0.29) is 11.8 Å². The third kappa shape index (κ3) is 9.52. The maximum Gasteiger partial charge on any atom is 0.211 e. The number of hydrogen-bond acceptors (Lipinski definition) is 4. The maximum absolute atomic E-state index is 11.7. The molecule has 17 heavy (non-hydrogen) atoms. The normalized spacial score (nSPS) is 13.8. The van der Waals surface area contributed by atoms with E-state index in [9.17, 15) is 8.42 Å². The lowest BCUT2D eigenvalue weighted by Crippen LogP contribution is -2.39. The van der Waals surface area contributed by atoms with Crippen molar-refractivity contribution in [2.45, 2.75) is 39.2 Å². The van der Waals surface area contributed by atoms with E-state index in [0.717, 1.165) is 25.9 Å². The second-order valence-electron chi connectivity index (χ2n) is 4.10. The summed E-state index contributed by atoms with van der Waals surface area (Å²) in [5.41, 5.74) is 0. The van der Waals surface area contributed by atoms with E-state index in [1.807, 2.05) is 6.92 Å². The molecule has 0 aromatic carbocycles. The van der Waals surface area contributed by atoms with Crippen LogP contribution in [0.1, 0.15) is 33.1 Å². The Bertz CT molecular complexity index is 268. The van der Waals surface area contributed by atoms with Crippen molar-refractivity contribution in [1.29, 1.82) is 0 Å². The molecule has 0 radical (unpaired) electrons. The monoisotopic (exact) mass is 266 g/mol. The minimum absolute atomic E-state index is 0.117. The number of ether oxygens (including phenoxy) is 1. The summed E-state index contributed by atoms with van der Waals surface area (Å²) in [4.78, 5) is 0. The zero-order valence-corrected chi connectivity index (χ0v) is 12.0. The molecule has 0 aliphatic heterocycles. The van der Waals surface area contributed by atoms with Crippen LogP contribution in [0.15, 0.2) is 0 Å². The highest BCUT2D eigenvalue weighted by Gasteiger charge is 2.15. The highest BCUT2D eigenvalue weighted by atomic mass is 32.2. The Hall–Kier alpha value is -0.170. The lowest BCUT2D eigenvalue weighted by Gasteiger charge is -2.16. The van der Waals surface area contributed by atoms with Gasteiger partial charge in [0.2, 0.25) is 10.0 Å². The van der Waals surface area contributed by atoms with Crippen molar-refractivity contribution in [1.82, 2.24) is 10.0 Å². The molecule has 0 bridgehead atoms. The molecule has 0 spiro atoms. The van der Waals surface area contributed by atoms with Gasteiger partial charge >= 0.3 is 0 Å². The lowest BCUT2D eigenvalue weighted by atomic mass is 10.3. The minimum atomic E-state index is -3.17. The fourth-order valence-electron chi connectivity index (χ4n) is 1.44. The zero-order chi connectivity index (χ0) is 13.1. The van der Waals surface area contributed by atoms with Gasteiger partial charge in [-0.2, -0.15) is 0 Å². The summed E-state index contributed by atoms with van der Waals surface area (Å²) >= 11 is 0. The van der Waals surface area contributed by atoms with Gasteiger partial charge in [0.15, 0.2) is 0 Å². The third-order valence-corrected chi connectivity index (χ3v) is 3.92. The summed E-state index contributed by atoms with van der Waals surface area (Å²) in [6, 6.07) is -0.117. The number of nitrogens with one attached hydrogen (secondary N) is 2. The van der Waals surface area contributed by atoms with Gasteiger partial charge in [0, 0.05) is 13.2 Å². The summed E-state index contributed by atoms with van der Waals surface area (Å²) in [7, 11) is -1.60. The first-order valence-corrected chi connectivity index (χ1v) is 7.90. The summed E-state index contributed by atoms with van der Waals surface area (Å²) in [6.45, 7) is 6.13. The Morgan fingerprint density at radius 1 is 1.24 bits per heavy atom. The predicted octanol–water partition coefficient (Wildman–Crippen LogP) is 0.721. The average Bonchev–Trinajstić information content (AvgIpc) is 2.28. The standard InChI is InChI=1S/C11H26N2O3S/c1-4-7-12-8-6-9-17(14,15)13-11(5-2)10-16-3/h11-13H,4-10H2,1-3H3. The number of rotatable bonds is 11. The molecule has 0 fully saturated rings. The van der Waals surface area contributed by atoms with Crippen molar-refractivity contribution in [2.75, 3.05) is 32.6 Å². The minimum Gasteiger partial charge on any atom is -0.383 e. The van der Waals surface area contributed by atoms with Crippen LogP contribution in [-0.4, -0.2) is 47.0 Å². The third-order valence-electron chi connectivity index (χ3n) is 2.40. The van der Waals surface area contributed by atoms with Crippen LogP contribution < -0.4 is 10.0 Å². The topological polar surface area (TPSA) is 67.4 Å².